The SMILES string of the molecule is CC[C@H](Oc1ccccc1Cl)C(=O)Nc1cccc(OC(C)C)c1. The van der Waals surface area contributed by atoms with Gasteiger partial charge in [0.15, 0.2) is 6.10 Å². The van der Waals surface area contributed by atoms with Crippen LogP contribution in [0.5, 0.6) is 11.5 Å². The molecule has 0 aliphatic heterocycles. The highest BCUT2D eigenvalue weighted by Gasteiger charge is 2.19. The fourth-order valence-electron chi connectivity index (χ4n) is 2.16. The summed E-state index contributed by atoms with van der Waals surface area (Å²) >= 11 is 6.09. The smallest absolute Gasteiger partial charge is 0.265 e. The summed E-state index contributed by atoms with van der Waals surface area (Å²) in [5.74, 6) is 0.986. The van der Waals surface area contributed by atoms with Crippen LogP contribution in [0.1, 0.15) is 27.2 Å². The average Bonchev–Trinajstić information content (AvgIpc) is 2.53. The Bertz CT molecular complexity index is 688. The van der Waals surface area contributed by atoms with Crippen molar-refractivity contribution in [3.63, 3.8) is 0 Å². The Morgan fingerprint density at radius 1 is 1.12 bits per heavy atom. The van der Waals surface area contributed by atoms with Gasteiger partial charge in [-0.05, 0) is 44.5 Å². The molecule has 0 fully saturated rings. The number of nitrogens with one attached hydrogen (secondary N) is 1. The molecule has 5 heteroatoms. The summed E-state index contributed by atoms with van der Waals surface area (Å²) in [5.41, 5.74) is 0.666. The Morgan fingerprint density at radius 3 is 2.54 bits per heavy atom. The number of halogens is 1. The van der Waals surface area contributed by atoms with Gasteiger partial charge in [0.25, 0.3) is 5.91 Å². The van der Waals surface area contributed by atoms with Gasteiger partial charge in [-0.15, -0.1) is 0 Å². The van der Waals surface area contributed by atoms with E-state index in [9.17, 15) is 4.79 Å². The summed E-state index contributed by atoms with van der Waals surface area (Å²) < 4.78 is 11.4. The molecule has 1 atom stereocenters. The first-order valence-electron chi connectivity index (χ1n) is 7.98. The van der Waals surface area contributed by atoms with Gasteiger partial charge in [-0.3, -0.25) is 4.79 Å². The van der Waals surface area contributed by atoms with Gasteiger partial charge in [-0.2, -0.15) is 0 Å². The molecule has 0 spiro atoms. The lowest BCUT2D eigenvalue weighted by Gasteiger charge is -2.18. The van der Waals surface area contributed by atoms with Crippen LogP contribution in [0.4, 0.5) is 5.69 Å². The van der Waals surface area contributed by atoms with Crippen LogP contribution in [-0.4, -0.2) is 18.1 Å². The molecule has 128 valence electrons. The molecule has 0 aromatic heterocycles. The van der Waals surface area contributed by atoms with E-state index >= 15 is 0 Å². The highest BCUT2D eigenvalue weighted by molar-refractivity contribution is 6.32. The second-order valence-electron chi connectivity index (χ2n) is 5.63. The molecule has 0 saturated carbocycles. The Hall–Kier alpha value is -2.20. The fourth-order valence-corrected chi connectivity index (χ4v) is 2.34. The van der Waals surface area contributed by atoms with Crippen LogP contribution in [0.2, 0.25) is 5.02 Å². The van der Waals surface area contributed by atoms with Crippen molar-refractivity contribution in [2.45, 2.75) is 39.4 Å². The molecule has 1 N–H and O–H groups in total. The van der Waals surface area contributed by atoms with Crippen LogP contribution in [-0.2, 0) is 4.79 Å². The van der Waals surface area contributed by atoms with Gasteiger partial charge >= 0.3 is 0 Å². The molecular formula is C19H22ClNO3. The molecule has 1 amide bonds. The standard InChI is InChI=1S/C19H22ClNO3/c1-4-17(24-18-11-6-5-10-16(18)20)19(22)21-14-8-7-9-15(12-14)23-13(2)3/h5-13,17H,4H2,1-3H3,(H,21,22)/t17-/m0/s1. The summed E-state index contributed by atoms with van der Waals surface area (Å²) in [5, 5.41) is 3.34. The lowest BCUT2D eigenvalue weighted by molar-refractivity contribution is -0.122. The largest absolute Gasteiger partial charge is 0.491 e. The number of hydrogen-bond donors (Lipinski definition) is 1. The Morgan fingerprint density at radius 2 is 1.88 bits per heavy atom. The maximum absolute atomic E-state index is 12.5. The number of anilines is 1. The van der Waals surface area contributed by atoms with Crippen LogP contribution in [0.25, 0.3) is 0 Å². The third kappa shape index (κ3) is 5.17. The van der Waals surface area contributed by atoms with Crippen molar-refractivity contribution >= 4 is 23.2 Å². The number of carbonyl (C=O) groups excluding carboxylic acids is 1. The van der Waals surface area contributed by atoms with Crippen LogP contribution >= 0.6 is 11.6 Å². The summed E-state index contributed by atoms with van der Waals surface area (Å²) in [7, 11) is 0. The van der Waals surface area contributed by atoms with Gasteiger partial charge in [0.1, 0.15) is 11.5 Å². The van der Waals surface area contributed by atoms with Gasteiger partial charge in [-0.1, -0.05) is 36.7 Å². The van der Waals surface area contributed by atoms with Gasteiger partial charge in [-0.25, -0.2) is 0 Å². The molecule has 0 saturated heterocycles. The van der Waals surface area contributed by atoms with E-state index in [1.165, 1.54) is 0 Å². The molecular weight excluding hydrogens is 326 g/mol. The number of hydrogen-bond acceptors (Lipinski definition) is 3. The topological polar surface area (TPSA) is 47.6 Å². The monoisotopic (exact) mass is 347 g/mol. The maximum Gasteiger partial charge on any atom is 0.265 e. The van der Waals surface area contributed by atoms with Crippen LogP contribution < -0.4 is 14.8 Å². The molecule has 2 aromatic carbocycles. The van der Waals surface area contributed by atoms with Crippen molar-refractivity contribution in [2.24, 2.45) is 0 Å². The molecule has 4 nitrogen and oxygen atoms in total. The minimum Gasteiger partial charge on any atom is -0.491 e. The lowest BCUT2D eigenvalue weighted by atomic mass is 10.2. The molecule has 0 radical (unpaired) electrons. The second-order valence-corrected chi connectivity index (χ2v) is 6.04. The van der Waals surface area contributed by atoms with E-state index in [2.05, 4.69) is 5.32 Å². The number of rotatable bonds is 7. The first kappa shape index (κ1) is 18.1. The van der Waals surface area contributed by atoms with E-state index in [0.717, 1.165) is 0 Å². The third-order valence-electron chi connectivity index (χ3n) is 3.24. The number of amides is 1. The molecule has 0 heterocycles. The molecule has 2 rings (SSSR count). The fraction of sp³-hybridized carbons (Fsp3) is 0.316. The van der Waals surface area contributed by atoms with E-state index in [4.69, 9.17) is 21.1 Å². The van der Waals surface area contributed by atoms with Crippen molar-refractivity contribution in [2.75, 3.05) is 5.32 Å². The van der Waals surface area contributed by atoms with E-state index in [-0.39, 0.29) is 12.0 Å². The van der Waals surface area contributed by atoms with Crippen LogP contribution in [0, 0.1) is 0 Å². The van der Waals surface area contributed by atoms with Crippen molar-refractivity contribution in [1.82, 2.24) is 0 Å². The van der Waals surface area contributed by atoms with E-state index in [1.807, 2.05) is 51.1 Å². The number of carbonyl (C=O) groups is 1. The predicted octanol–water partition coefficient (Wildman–Crippen LogP) is 4.92. The van der Waals surface area contributed by atoms with E-state index in [0.29, 0.717) is 28.6 Å². The summed E-state index contributed by atoms with van der Waals surface area (Å²) in [6.07, 6.45) is -0.0262. The van der Waals surface area contributed by atoms with Crippen LogP contribution in [0.15, 0.2) is 48.5 Å². The average molecular weight is 348 g/mol. The highest BCUT2D eigenvalue weighted by atomic mass is 35.5. The quantitative estimate of drug-likeness (QED) is 0.773. The minimum absolute atomic E-state index is 0.0721. The van der Waals surface area contributed by atoms with Crippen molar-refractivity contribution in [1.29, 1.82) is 0 Å². The zero-order valence-corrected chi connectivity index (χ0v) is 14.8. The van der Waals surface area contributed by atoms with Gasteiger partial charge in [0.2, 0.25) is 0 Å². The van der Waals surface area contributed by atoms with Crippen molar-refractivity contribution in [3.8, 4) is 11.5 Å². The first-order chi connectivity index (χ1) is 11.5. The molecule has 24 heavy (non-hydrogen) atoms. The van der Waals surface area contributed by atoms with Gasteiger partial charge in [0.05, 0.1) is 11.1 Å². The molecule has 0 unspecified atom stereocenters. The van der Waals surface area contributed by atoms with Gasteiger partial charge < -0.3 is 14.8 Å². The summed E-state index contributed by atoms with van der Waals surface area (Å²) in [4.78, 5) is 12.5. The highest BCUT2D eigenvalue weighted by Crippen LogP contribution is 2.25. The zero-order chi connectivity index (χ0) is 17.5. The van der Waals surface area contributed by atoms with Gasteiger partial charge in [0, 0.05) is 11.8 Å². The lowest BCUT2D eigenvalue weighted by Crippen LogP contribution is -2.32. The van der Waals surface area contributed by atoms with Crippen molar-refractivity contribution in [3.05, 3.63) is 53.6 Å². The normalized spacial score (nSPS) is 11.9. The van der Waals surface area contributed by atoms with E-state index in [1.54, 1.807) is 18.2 Å². The number of benzene rings is 2. The summed E-state index contributed by atoms with van der Waals surface area (Å²) in [6, 6.07) is 14.4. The molecule has 0 bridgehead atoms. The second kappa shape index (κ2) is 8.60. The molecule has 0 aliphatic carbocycles. The Labute approximate surface area is 147 Å². The zero-order valence-electron chi connectivity index (χ0n) is 14.1. The van der Waals surface area contributed by atoms with E-state index < -0.39 is 6.10 Å². The predicted molar refractivity (Wildman–Crippen MR) is 97.0 cm³/mol. The first-order valence-corrected chi connectivity index (χ1v) is 8.36. The Balaban J connectivity index is 2.05. The third-order valence-corrected chi connectivity index (χ3v) is 3.55. The maximum atomic E-state index is 12.5. The Kier molecular flexibility index (Phi) is 6.50. The summed E-state index contributed by atoms with van der Waals surface area (Å²) in [6.45, 7) is 5.80. The minimum atomic E-state index is -0.625. The molecule has 0 aliphatic rings. The van der Waals surface area contributed by atoms with Crippen molar-refractivity contribution < 1.29 is 14.3 Å². The van der Waals surface area contributed by atoms with Crippen LogP contribution in [0.3, 0.4) is 0 Å². The number of ether oxygens (including phenoxy) is 2. The number of para-hydroxylation sites is 1. The molecule has 2 aromatic rings.